The van der Waals surface area contributed by atoms with Crippen molar-refractivity contribution in [2.24, 2.45) is 28.9 Å². The summed E-state index contributed by atoms with van der Waals surface area (Å²) in [5.41, 5.74) is 9.57. The van der Waals surface area contributed by atoms with Gasteiger partial charge in [-0.2, -0.15) is 0 Å². The van der Waals surface area contributed by atoms with E-state index in [1.165, 1.54) is 11.3 Å². The van der Waals surface area contributed by atoms with E-state index < -0.39 is 0 Å². The van der Waals surface area contributed by atoms with Crippen molar-refractivity contribution in [3.05, 3.63) is 23.5 Å². The van der Waals surface area contributed by atoms with Gasteiger partial charge >= 0.3 is 0 Å². The van der Waals surface area contributed by atoms with Gasteiger partial charge in [-0.25, -0.2) is 0 Å². The minimum Gasteiger partial charge on any atom is -0.351 e. The van der Waals surface area contributed by atoms with Gasteiger partial charge in [0.15, 0.2) is 0 Å². The Morgan fingerprint density at radius 1 is 1.25 bits per heavy atom. The summed E-state index contributed by atoms with van der Waals surface area (Å²) in [6, 6.07) is 2.47. The molecule has 0 bridgehead atoms. The van der Waals surface area contributed by atoms with E-state index in [1.807, 2.05) is 0 Å². The molecule has 0 amide bonds. The zero-order valence-corrected chi connectivity index (χ0v) is 14.1. The molecule has 0 fully saturated rings. The van der Waals surface area contributed by atoms with Gasteiger partial charge in [0.1, 0.15) is 0 Å². The Labute approximate surface area is 124 Å². The second kappa shape index (κ2) is 5.55. The summed E-state index contributed by atoms with van der Waals surface area (Å²) in [7, 11) is 0. The molecule has 1 aromatic heterocycles. The highest BCUT2D eigenvalue weighted by Gasteiger charge is 2.33. The van der Waals surface area contributed by atoms with E-state index >= 15 is 0 Å². The Hall–Kier alpha value is -0.760. The second-order valence-corrected chi connectivity index (χ2v) is 8.17. The maximum atomic E-state index is 6.37. The van der Waals surface area contributed by atoms with Crippen LogP contribution < -0.4 is 5.73 Å². The standard InChI is InChI=1S/C18H32N2/c1-12(2)15(13(3)4)11-20-8-7-14-16(19)9-18(5,6)10-17(14)20/h7-8,12-13,15-16H,9-11,19H2,1-6H3. The molecule has 1 heterocycles. The van der Waals surface area contributed by atoms with Crippen LogP contribution in [-0.4, -0.2) is 4.57 Å². The van der Waals surface area contributed by atoms with Gasteiger partial charge in [0, 0.05) is 24.5 Å². The fourth-order valence-electron chi connectivity index (χ4n) is 3.88. The highest BCUT2D eigenvalue weighted by molar-refractivity contribution is 5.30. The molecule has 1 aromatic rings. The summed E-state index contributed by atoms with van der Waals surface area (Å²) in [6.07, 6.45) is 4.53. The Morgan fingerprint density at radius 2 is 1.85 bits per heavy atom. The van der Waals surface area contributed by atoms with Crippen LogP contribution in [0.5, 0.6) is 0 Å². The Bertz CT molecular complexity index is 446. The molecule has 0 saturated heterocycles. The molecular formula is C18H32N2. The third-order valence-corrected chi connectivity index (χ3v) is 5.05. The third kappa shape index (κ3) is 3.11. The van der Waals surface area contributed by atoms with Gasteiger partial charge in [-0.3, -0.25) is 0 Å². The van der Waals surface area contributed by atoms with Gasteiger partial charge in [0.25, 0.3) is 0 Å². The van der Waals surface area contributed by atoms with Gasteiger partial charge in [-0.1, -0.05) is 41.5 Å². The lowest BCUT2D eigenvalue weighted by atomic mass is 9.74. The monoisotopic (exact) mass is 276 g/mol. The van der Waals surface area contributed by atoms with Crippen LogP contribution >= 0.6 is 0 Å². The largest absolute Gasteiger partial charge is 0.351 e. The van der Waals surface area contributed by atoms with Crippen LogP contribution in [0.3, 0.4) is 0 Å². The molecule has 2 heteroatoms. The quantitative estimate of drug-likeness (QED) is 0.869. The Kier molecular flexibility index (Phi) is 4.34. The number of nitrogens with two attached hydrogens (primary N) is 1. The van der Waals surface area contributed by atoms with E-state index in [4.69, 9.17) is 5.73 Å². The van der Waals surface area contributed by atoms with Gasteiger partial charge in [0.05, 0.1) is 0 Å². The van der Waals surface area contributed by atoms with Crippen LogP contribution in [0.15, 0.2) is 12.3 Å². The zero-order chi connectivity index (χ0) is 15.1. The smallest absolute Gasteiger partial charge is 0.0318 e. The molecule has 2 N–H and O–H groups in total. The molecule has 1 aliphatic carbocycles. The minimum atomic E-state index is 0.214. The number of rotatable bonds is 4. The summed E-state index contributed by atoms with van der Waals surface area (Å²) in [5.74, 6) is 2.17. The minimum absolute atomic E-state index is 0.214. The maximum Gasteiger partial charge on any atom is 0.0318 e. The summed E-state index contributed by atoms with van der Waals surface area (Å²) >= 11 is 0. The zero-order valence-electron chi connectivity index (χ0n) is 14.1. The van der Waals surface area contributed by atoms with E-state index in [2.05, 4.69) is 58.4 Å². The maximum absolute atomic E-state index is 6.37. The molecule has 0 aromatic carbocycles. The second-order valence-electron chi connectivity index (χ2n) is 8.17. The van der Waals surface area contributed by atoms with Gasteiger partial charge in [-0.05, 0) is 47.6 Å². The molecule has 1 unspecified atom stereocenters. The Balaban J connectivity index is 2.27. The summed E-state index contributed by atoms with van der Waals surface area (Å²) in [4.78, 5) is 0. The first-order valence-electron chi connectivity index (χ1n) is 8.15. The lowest BCUT2D eigenvalue weighted by Gasteiger charge is -2.35. The fraction of sp³-hybridized carbons (Fsp3) is 0.778. The number of aromatic nitrogens is 1. The lowest BCUT2D eigenvalue weighted by molar-refractivity contribution is 0.236. The van der Waals surface area contributed by atoms with Crippen molar-refractivity contribution < 1.29 is 0 Å². The number of fused-ring (bicyclic) bond motifs is 1. The predicted octanol–water partition coefficient (Wildman–Crippen LogP) is 4.39. The number of hydrogen-bond acceptors (Lipinski definition) is 1. The summed E-state index contributed by atoms with van der Waals surface area (Å²) in [6.45, 7) is 15.2. The third-order valence-electron chi connectivity index (χ3n) is 5.05. The molecule has 0 radical (unpaired) electrons. The summed E-state index contributed by atoms with van der Waals surface area (Å²) < 4.78 is 2.49. The Morgan fingerprint density at radius 3 is 2.40 bits per heavy atom. The first-order chi connectivity index (χ1) is 9.21. The number of hydrogen-bond donors (Lipinski definition) is 1. The normalized spacial score (nSPS) is 21.8. The predicted molar refractivity (Wildman–Crippen MR) is 86.6 cm³/mol. The van der Waals surface area contributed by atoms with Gasteiger partial charge < -0.3 is 10.3 Å². The average molecular weight is 276 g/mol. The van der Waals surface area contributed by atoms with Gasteiger partial charge in [0.2, 0.25) is 0 Å². The molecule has 2 rings (SSSR count). The van der Waals surface area contributed by atoms with Crippen molar-refractivity contribution in [3.63, 3.8) is 0 Å². The van der Waals surface area contributed by atoms with E-state index in [9.17, 15) is 0 Å². The highest BCUT2D eigenvalue weighted by atomic mass is 15.0. The van der Waals surface area contributed by atoms with E-state index in [-0.39, 0.29) is 6.04 Å². The van der Waals surface area contributed by atoms with Crippen LogP contribution in [0.25, 0.3) is 0 Å². The van der Waals surface area contributed by atoms with Crippen LogP contribution in [0.2, 0.25) is 0 Å². The van der Waals surface area contributed by atoms with Crippen LogP contribution in [0.1, 0.15) is 65.3 Å². The topological polar surface area (TPSA) is 30.9 Å². The molecule has 0 aliphatic heterocycles. The molecule has 1 aliphatic rings. The van der Waals surface area contributed by atoms with E-state index in [1.54, 1.807) is 0 Å². The van der Waals surface area contributed by atoms with E-state index in [0.29, 0.717) is 5.41 Å². The van der Waals surface area contributed by atoms with Crippen LogP contribution in [0, 0.1) is 23.2 Å². The molecule has 1 atom stereocenters. The van der Waals surface area contributed by atoms with Crippen molar-refractivity contribution in [1.82, 2.24) is 4.57 Å². The molecule has 0 spiro atoms. The van der Waals surface area contributed by atoms with Crippen molar-refractivity contribution in [2.75, 3.05) is 0 Å². The molecular weight excluding hydrogens is 244 g/mol. The lowest BCUT2D eigenvalue weighted by Crippen LogP contribution is -2.31. The average Bonchev–Trinajstić information content (AvgIpc) is 2.66. The fourth-order valence-corrected chi connectivity index (χ4v) is 3.88. The first-order valence-corrected chi connectivity index (χ1v) is 8.15. The number of nitrogens with zero attached hydrogens (tertiary/aromatic N) is 1. The van der Waals surface area contributed by atoms with Crippen molar-refractivity contribution in [1.29, 1.82) is 0 Å². The highest BCUT2D eigenvalue weighted by Crippen LogP contribution is 2.40. The summed E-state index contributed by atoms with van der Waals surface area (Å²) in [5, 5.41) is 0. The van der Waals surface area contributed by atoms with Crippen LogP contribution in [0.4, 0.5) is 0 Å². The van der Waals surface area contributed by atoms with Crippen molar-refractivity contribution >= 4 is 0 Å². The van der Waals surface area contributed by atoms with Crippen LogP contribution in [-0.2, 0) is 13.0 Å². The van der Waals surface area contributed by atoms with Crippen molar-refractivity contribution in [2.45, 2.75) is 67.0 Å². The first kappa shape index (κ1) is 15.6. The molecule has 2 nitrogen and oxygen atoms in total. The van der Waals surface area contributed by atoms with Crippen molar-refractivity contribution in [3.8, 4) is 0 Å². The van der Waals surface area contributed by atoms with Gasteiger partial charge in [-0.15, -0.1) is 0 Å². The van der Waals surface area contributed by atoms with E-state index in [0.717, 1.165) is 37.1 Å². The molecule has 0 saturated carbocycles. The molecule has 114 valence electrons. The molecule has 20 heavy (non-hydrogen) atoms. The SMILES string of the molecule is CC(C)C(Cn1ccc2c1CC(C)(C)CC2N)C(C)C.